The highest BCUT2D eigenvalue weighted by Gasteiger charge is 2.18. The summed E-state index contributed by atoms with van der Waals surface area (Å²) in [4.78, 5) is 25.8. The number of rotatable bonds is 6. The minimum absolute atomic E-state index is 0.102. The summed E-state index contributed by atoms with van der Waals surface area (Å²) in [7, 11) is 0. The van der Waals surface area contributed by atoms with E-state index in [4.69, 9.17) is 5.73 Å². The van der Waals surface area contributed by atoms with E-state index in [1.165, 1.54) is 0 Å². The average Bonchev–Trinajstić information content (AvgIpc) is 3.00. The van der Waals surface area contributed by atoms with Crippen molar-refractivity contribution in [1.82, 2.24) is 9.78 Å². The van der Waals surface area contributed by atoms with Crippen LogP contribution in [-0.4, -0.2) is 28.1 Å². The summed E-state index contributed by atoms with van der Waals surface area (Å²) in [5, 5.41) is 4.46. The van der Waals surface area contributed by atoms with Crippen LogP contribution in [0.5, 0.6) is 0 Å². The van der Waals surface area contributed by atoms with Crippen LogP contribution in [0.2, 0.25) is 0 Å². The van der Waals surface area contributed by atoms with Gasteiger partial charge in [-0.2, -0.15) is 5.10 Å². The Morgan fingerprint density at radius 3 is 2.26 bits per heavy atom. The maximum Gasteiger partial charge on any atom is 0.258 e. The number of anilines is 1. The second kappa shape index (κ2) is 7.86. The van der Waals surface area contributed by atoms with Gasteiger partial charge in [0.15, 0.2) is 0 Å². The molecule has 6 nitrogen and oxygen atoms in total. The van der Waals surface area contributed by atoms with Gasteiger partial charge in [-0.15, -0.1) is 0 Å². The van der Waals surface area contributed by atoms with Gasteiger partial charge in [-0.05, 0) is 56.3 Å². The van der Waals surface area contributed by atoms with Gasteiger partial charge in [0.05, 0.1) is 11.4 Å². The summed E-state index contributed by atoms with van der Waals surface area (Å²) >= 11 is 0. The highest BCUT2D eigenvalue weighted by Crippen LogP contribution is 2.19. The summed E-state index contributed by atoms with van der Waals surface area (Å²) in [6.45, 7) is 4.16. The van der Waals surface area contributed by atoms with Crippen molar-refractivity contribution in [2.24, 2.45) is 5.73 Å². The Hall–Kier alpha value is -3.41. The number of nitrogens with zero attached hydrogens (tertiary/aromatic N) is 3. The van der Waals surface area contributed by atoms with Crippen molar-refractivity contribution >= 4 is 17.5 Å². The van der Waals surface area contributed by atoms with E-state index < -0.39 is 5.91 Å². The molecular formula is C21H22N4O2. The lowest BCUT2D eigenvalue weighted by Crippen LogP contribution is -2.34. The predicted molar refractivity (Wildman–Crippen MR) is 105 cm³/mol. The van der Waals surface area contributed by atoms with Gasteiger partial charge in [0.2, 0.25) is 5.91 Å². The van der Waals surface area contributed by atoms with Crippen molar-refractivity contribution in [2.75, 3.05) is 11.4 Å². The number of carbonyl (C=O) groups is 2. The van der Waals surface area contributed by atoms with E-state index in [0.717, 1.165) is 22.8 Å². The van der Waals surface area contributed by atoms with E-state index in [2.05, 4.69) is 5.10 Å². The van der Waals surface area contributed by atoms with E-state index in [9.17, 15) is 9.59 Å². The summed E-state index contributed by atoms with van der Waals surface area (Å²) < 4.78 is 1.84. The second-order valence-corrected chi connectivity index (χ2v) is 6.39. The van der Waals surface area contributed by atoms with E-state index in [0.29, 0.717) is 5.56 Å². The first kappa shape index (κ1) is 18.4. The standard InChI is InChI=1S/C21H22N4O2/c1-15-14-16(2)25(23-15)19-10-8-17(9-11-19)21(27)24(13-12-20(22)26)18-6-4-3-5-7-18/h3-11,14H,12-13H2,1-2H3,(H2,22,26). The van der Waals surface area contributed by atoms with Gasteiger partial charge < -0.3 is 10.6 Å². The second-order valence-electron chi connectivity index (χ2n) is 6.39. The van der Waals surface area contributed by atoms with Crippen LogP contribution in [0.3, 0.4) is 0 Å². The van der Waals surface area contributed by atoms with E-state index in [-0.39, 0.29) is 18.9 Å². The molecule has 0 saturated carbocycles. The highest BCUT2D eigenvalue weighted by atomic mass is 16.2. The average molecular weight is 362 g/mol. The molecule has 2 amide bonds. The molecule has 0 spiro atoms. The summed E-state index contributed by atoms with van der Waals surface area (Å²) in [5.41, 5.74) is 9.39. The third-order valence-corrected chi connectivity index (χ3v) is 4.26. The van der Waals surface area contributed by atoms with Gasteiger partial charge in [0.1, 0.15) is 0 Å². The van der Waals surface area contributed by atoms with E-state index >= 15 is 0 Å². The molecule has 3 rings (SSSR count). The van der Waals surface area contributed by atoms with Gasteiger partial charge in [-0.3, -0.25) is 9.59 Å². The fourth-order valence-corrected chi connectivity index (χ4v) is 2.97. The molecule has 0 aliphatic rings. The van der Waals surface area contributed by atoms with Crippen molar-refractivity contribution in [1.29, 1.82) is 0 Å². The SMILES string of the molecule is Cc1cc(C)n(-c2ccc(C(=O)N(CCC(N)=O)c3ccccc3)cc2)n1. The molecule has 138 valence electrons. The Morgan fingerprint density at radius 1 is 1.04 bits per heavy atom. The number of benzene rings is 2. The molecular weight excluding hydrogens is 340 g/mol. The number of primary amides is 1. The molecule has 0 aliphatic heterocycles. The fraction of sp³-hybridized carbons (Fsp3) is 0.190. The number of para-hydroxylation sites is 1. The molecule has 3 aromatic rings. The zero-order valence-electron chi connectivity index (χ0n) is 15.4. The largest absolute Gasteiger partial charge is 0.370 e. The van der Waals surface area contributed by atoms with E-state index in [1.807, 2.05) is 67.1 Å². The van der Waals surface area contributed by atoms with Crippen molar-refractivity contribution in [3.05, 3.63) is 77.6 Å². The first-order chi connectivity index (χ1) is 13.0. The maximum absolute atomic E-state index is 13.0. The monoisotopic (exact) mass is 362 g/mol. The number of carbonyl (C=O) groups excluding carboxylic acids is 2. The third kappa shape index (κ3) is 4.23. The summed E-state index contributed by atoms with van der Waals surface area (Å²) in [5.74, 6) is -0.619. The Kier molecular flexibility index (Phi) is 5.35. The minimum Gasteiger partial charge on any atom is -0.370 e. The topological polar surface area (TPSA) is 81.2 Å². The van der Waals surface area contributed by atoms with Crippen LogP contribution >= 0.6 is 0 Å². The molecule has 2 aromatic carbocycles. The quantitative estimate of drug-likeness (QED) is 0.732. The molecule has 6 heteroatoms. The molecule has 1 heterocycles. The van der Waals surface area contributed by atoms with Gasteiger partial charge in [-0.25, -0.2) is 4.68 Å². The highest BCUT2D eigenvalue weighted by molar-refractivity contribution is 6.06. The van der Waals surface area contributed by atoms with Gasteiger partial charge in [0, 0.05) is 29.9 Å². The van der Waals surface area contributed by atoms with Crippen LogP contribution in [0.15, 0.2) is 60.7 Å². The van der Waals surface area contributed by atoms with Crippen LogP contribution in [-0.2, 0) is 4.79 Å². The van der Waals surface area contributed by atoms with Crippen molar-refractivity contribution in [2.45, 2.75) is 20.3 Å². The maximum atomic E-state index is 13.0. The van der Waals surface area contributed by atoms with Gasteiger partial charge >= 0.3 is 0 Å². The zero-order valence-corrected chi connectivity index (χ0v) is 15.4. The smallest absolute Gasteiger partial charge is 0.258 e. The Bertz CT molecular complexity index is 946. The lowest BCUT2D eigenvalue weighted by molar-refractivity contribution is -0.117. The lowest BCUT2D eigenvalue weighted by atomic mass is 10.1. The number of hydrogen-bond donors (Lipinski definition) is 1. The fourth-order valence-electron chi connectivity index (χ4n) is 2.97. The third-order valence-electron chi connectivity index (χ3n) is 4.26. The molecule has 0 fully saturated rings. The van der Waals surface area contributed by atoms with Crippen molar-refractivity contribution in [3.8, 4) is 5.69 Å². The predicted octanol–water partition coefficient (Wildman–Crippen LogP) is 3.01. The number of nitrogens with two attached hydrogens (primary N) is 1. The van der Waals surface area contributed by atoms with Crippen LogP contribution in [0.4, 0.5) is 5.69 Å². The zero-order chi connectivity index (χ0) is 19.4. The van der Waals surface area contributed by atoms with Crippen molar-refractivity contribution in [3.63, 3.8) is 0 Å². The summed E-state index contributed by atoms with van der Waals surface area (Å²) in [6, 6.07) is 18.5. The first-order valence-electron chi connectivity index (χ1n) is 8.74. The number of aromatic nitrogens is 2. The molecule has 0 saturated heterocycles. The molecule has 2 N–H and O–H groups in total. The van der Waals surface area contributed by atoms with Gasteiger partial charge in [-0.1, -0.05) is 18.2 Å². The van der Waals surface area contributed by atoms with Crippen molar-refractivity contribution < 1.29 is 9.59 Å². The van der Waals surface area contributed by atoms with Gasteiger partial charge in [0.25, 0.3) is 5.91 Å². The Labute approximate surface area is 158 Å². The first-order valence-corrected chi connectivity index (χ1v) is 8.74. The minimum atomic E-state index is -0.441. The molecule has 0 radical (unpaired) electrons. The Morgan fingerprint density at radius 2 is 1.70 bits per heavy atom. The normalized spacial score (nSPS) is 10.6. The molecule has 27 heavy (non-hydrogen) atoms. The molecule has 1 aromatic heterocycles. The van der Waals surface area contributed by atoms with Crippen LogP contribution < -0.4 is 10.6 Å². The lowest BCUT2D eigenvalue weighted by Gasteiger charge is -2.22. The number of hydrogen-bond acceptors (Lipinski definition) is 3. The van der Waals surface area contributed by atoms with Crippen LogP contribution in [0, 0.1) is 13.8 Å². The van der Waals surface area contributed by atoms with Crippen LogP contribution in [0.25, 0.3) is 5.69 Å². The van der Waals surface area contributed by atoms with E-state index in [1.54, 1.807) is 17.0 Å². The Balaban J connectivity index is 1.87. The number of aryl methyl sites for hydroxylation is 2. The molecule has 0 bridgehead atoms. The molecule has 0 unspecified atom stereocenters. The van der Waals surface area contributed by atoms with Crippen LogP contribution in [0.1, 0.15) is 28.2 Å². The molecule has 0 aliphatic carbocycles. The molecule has 0 atom stereocenters. The summed E-state index contributed by atoms with van der Waals surface area (Å²) in [6.07, 6.45) is 0.102. The number of amides is 2.